The minimum Gasteiger partial charge on any atom is -0.399 e. The molecule has 0 spiro atoms. The number of halogens is 1. The Morgan fingerprint density at radius 1 is 1.42 bits per heavy atom. The van der Waals surface area contributed by atoms with Gasteiger partial charge in [-0.3, -0.25) is 0 Å². The van der Waals surface area contributed by atoms with Crippen LogP contribution in [-0.2, 0) is 10.3 Å². The molecule has 1 saturated carbocycles. The molecule has 19 heavy (non-hydrogen) atoms. The number of nitrogens with zero attached hydrogens (tertiary/aromatic N) is 2. The Balaban J connectivity index is 1.99. The van der Waals surface area contributed by atoms with E-state index in [4.69, 9.17) is 15.0 Å². The zero-order valence-corrected chi connectivity index (χ0v) is 10.5. The van der Waals surface area contributed by atoms with Crippen LogP contribution in [0.4, 0.5) is 10.1 Å². The van der Waals surface area contributed by atoms with Crippen LogP contribution in [0.1, 0.15) is 25.1 Å². The number of aromatic nitrogens is 2. The molecule has 1 fully saturated rings. The van der Waals surface area contributed by atoms with Gasteiger partial charge in [-0.15, -0.1) is 0 Å². The molecule has 2 N–H and O–H groups in total. The first kappa shape index (κ1) is 12.1. The number of nitrogens with two attached hydrogens (primary N) is 1. The molecule has 0 amide bonds. The normalized spacial score (nSPS) is 17.2. The van der Waals surface area contributed by atoms with Gasteiger partial charge in [-0.1, -0.05) is 5.16 Å². The second-order valence-corrected chi connectivity index (χ2v) is 4.71. The SMILES string of the molecule is COC1(c2noc(-c3cc(N)ccc3F)n2)CCC1. The minimum absolute atomic E-state index is 0.128. The zero-order valence-electron chi connectivity index (χ0n) is 10.5. The van der Waals surface area contributed by atoms with E-state index in [-0.39, 0.29) is 11.5 Å². The predicted octanol–water partition coefficient (Wildman–Crippen LogP) is 2.48. The highest BCUT2D eigenvalue weighted by Crippen LogP contribution is 2.43. The summed E-state index contributed by atoms with van der Waals surface area (Å²) in [5.41, 5.74) is 5.82. The molecule has 5 nitrogen and oxygen atoms in total. The van der Waals surface area contributed by atoms with E-state index in [9.17, 15) is 4.39 Å². The maximum absolute atomic E-state index is 13.7. The molecule has 1 aliphatic rings. The van der Waals surface area contributed by atoms with Crippen LogP contribution < -0.4 is 5.73 Å². The molecule has 0 aliphatic heterocycles. The molecule has 1 heterocycles. The van der Waals surface area contributed by atoms with Gasteiger partial charge in [0.2, 0.25) is 5.82 Å². The summed E-state index contributed by atoms with van der Waals surface area (Å²) in [7, 11) is 1.62. The van der Waals surface area contributed by atoms with Gasteiger partial charge >= 0.3 is 0 Å². The van der Waals surface area contributed by atoms with E-state index >= 15 is 0 Å². The Kier molecular flexibility index (Phi) is 2.74. The van der Waals surface area contributed by atoms with E-state index in [1.807, 2.05) is 0 Å². The molecule has 6 heteroatoms. The van der Waals surface area contributed by atoms with Crippen LogP contribution in [0, 0.1) is 5.82 Å². The van der Waals surface area contributed by atoms with Gasteiger partial charge in [0.25, 0.3) is 5.89 Å². The van der Waals surface area contributed by atoms with Crippen molar-refractivity contribution >= 4 is 5.69 Å². The Morgan fingerprint density at radius 3 is 2.84 bits per heavy atom. The molecule has 2 aromatic rings. The van der Waals surface area contributed by atoms with Crippen molar-refractivity contribution in [2.75, 3.05) is 12.8 Å². The highest BCUT2D eigenvalue weighted by molar-refractivity contribution is 5.60. The maximum Gasteiger partial charge on any atom is 0.261 e. The van der Waals surface area contributed by atoms with Crippen molar-refractivity contribution in [2.24, 2.45) is 0 Å². The number of hydrogen-bond acceptors (Lipinski definition) is 5. The average Bonchev–Trinajstić information content (AvgIpc) is 2.81. The van der Waals surface area contributed by atoms with Crippen molar-refractivity contribution in [3.63, 3.8) is 0 Å². The fourth-order valence-electron chi connectivity index (χ4n) is 2.24. The predicted molar refractivity (Wildman–Crippen MR) is 66.6 cm³/mol. The smallest absolute Gasteiger partial charge is 0.261 e. The van der Waals surface area contributed by atoms with E-state index in [0.717, 1.165) is 19.3 Å². The molecule has 0 radical (unpaired) electrons. The number of anilines is 1. The Bertz CT molecular complexity index is 602. The molecule has 1 aliphatic carbocycles. The first-order valence-corrected chi connectivity index (χ1v) is 6.09. The van der Waals surface area contributed by atoms with Crippen LogP contribution in [0.15, 0.2) is 22.7 Å². The lowest BCUT2D eigenvalue weighted by Crippen LogP contribution is -2.37. The van der Waals surface area contributed by atoms with Crippen LogP contribution >= 0.6 is 0 Å². The molecule has 0 unspecified atom stereocenters. The Hall–Kier alpha value is -1.95. The van der Waals surface area contributed by atoms with Crippen molar-refractivity contribution < 1.29 is 13.7 Å². The molecule has 0 atom stereocenters. The van der Waals surface area contributed by atoms with Crippen molar-refractivity contribution in [2.45, 2.75) is 24.9 Å². The number of nitrogen functional groups attached to an aromatic ring is 1. The van der Waals surface area contributed by atoms with Gasteiger partial charge in [-0.2, -0.15) is 4.98 Å². The minimum atomic E-state index is -0.474. The van der Waals surface area contributed by atoms with Gasteiger partial charge in [0, 0.05) is 12.8 Å². The molecule has 1 aromatic carbocycles. The van der Waals surface area contributed by atoms with E-state index in [0.29, 0.717) is 11.5 Å². The summed E-state index contributed by atoms with van der Waals surface area (Å²) >= 11 is 0. The molecular weight excluding hydrogens is 249 g/mol. The summed E-state index contributed by atoms with van der Waals surface area (Å²) in [5.74, 6) is 0.158. The van der Waals surface area contributed by atoms with E-state index < -0.39 is 11.4 Å². The summed E-state index contributed by atoms with van der Waals surface area (Å²) in [4.78, 5) is 4.25. The van der Waals surface area contributed by atoms with Gasteiger partial charge in [-0.25, -0.2) is 4.39 Å². The first-order valence-electron chi connectivity index (χ1n) is 6.09. The summed E-state index contributed by atoms with van der Waals surface area (Å²) in [6, 6.07) is 4.25. The quantitative estimate of drug-likeness (QED) is 0.861. The number of benzene rings is 1. The standard InChI is InChI=1S/C13H14FN3O2/c1-18-13(5-2-6-13)12-16-11(19-17-12)9-7-8(15)3-4-10(9)14/h3-4,7H,2,5-6,15H2,1H3. The van der Waals surface area contributed by atoms with Gasteiger partial charge in [0.1, 0.15) is 11.4 Å². The van der Waals surface area contributed by atoms with Gasteiger partial charge in [0.05, 0.1) is 5.56 Å². The Labute approximate surface area is 109 Å². The second-order valence-electron chi connectivity index (χ2n) is 4.71. The zero-order chi connectivity index (χ0) is 13.5. The number of hydrogen-bond donors (Lipinski definition) is 1. The summed E-state index contributed by atoms with van der Waals surface area (Å²) in [6.07, 6.45) is 2.76. The fraction of sp³-hybridized carbons (Fsp3) is 0.385. The average molecular weight is 263 g/mol. The van der Waals surface area contributed by atoms with Gasteiger partial charge in [0.15, 0.2) is 0 Å². The topological polar surface area (TPSA) is 74.2 Å². The summed E-state index contributed by atoms with van der Waals surface area (Å²) in [5, 5.41) is 3.91. The number of methoxy groups -OCH3 is 1. The second kappa shape index (κ2) is 4.31. The van der Waals surface area contributed by atoms with Crippen molar-refractivity contribution in [1.29, 1.82) is 0 Å². The molecule has 0 bridgehead atoms. The van der Waals surface area contributed by atoms with Crippen molar-refractivity contribution in [1.82, 2.24) is 10.1 Å². The monoisotopic (exact) mass is 263 g/mol. The number of ether oxygens (including phenoxy) is 1. The lowest BCUT2D eigenvalue weighted by molar-refractivity contribution is -0.0858. The van der Waals surface area contributed by atoms with Crippen molar-refractivity contribution in [3.05, 3.63) is 29.8 Å². The third-order valence-corrected chi connectivity index (χ3v) is 3.61. The lowest BCUT2D eigenvalue weighted by atomic mass is 9.79. The highest BCUT2D eigenvalue weighted by atomic mass is 19.1. The lowest BCUT2D eigenvalue weighted by Gasteiger charge is -2.37. The highest BCUT2D eigenvalue weighted by Gasteiger charge is 2.43. The molecule has 3 rings (SSSR count). The van der Waals surface area contributed by atoms with E-state index in [2.05, 4.69) is 10.1 Å². The fourth-order valence-corrected chi connectivity index (χ4v) is 2.24. The summed E-state index contributed by atoms with van der Waals surface area (Å²) < 4.78 is 24.3. The van der Waals surface area contributed by atoms with Crippen LogP contribution in [0.2, 0.25) is 0 Å². The van der Waals surface area contributed by atoms with E-state index in [1.165, 1.54) is 18.2 Å². The molecule has 0 saturated heterocycles. The molecule has 100 valence electrons. The largest absolute Gasteiger partial charge is 0.399 e. The molecular formula is C13H14FN3O2. The van der Waals surface area contributed by atoms with Gasteiger partial charge in [-0.05, 0) is 37.5 Å². The van der Waals surface area contributed by atoms with Gasteiger partial charge < -0.3 is 15.0 Å². The van der Waals surface area contributed by atoms with Crippen molar-refractivity contribution in [3.8, 4) is 11.5 Å². The summed E-state index contributed by atoms with van der Waals surface area (Å²) in [6.45, 7) is 0. The third-order valence-electron chi connectivity index (χ3n) is 3.61. The molecule has 1 aromatic heterocycles. The van der Waals surface area contributed by atoms with Crippen LogP contribution in [-0.4, -0.2) is 17.3 Å². The number of rotatable bonds is 3. The Morgan fingerprint density at radius 2 is 2.21 bits per heavy atom. The van der Waals surface area contributed by atoms with Crippen LogP contribution in [0.5, 0.6) is 0 Å². The first-order chi connectivity index (χ1) is 9.14. The maximum atomic E-state index is 13.7. The third kappa shape index (κ3) is 1.88. The van der Waals surface area contributed by atoms with Crippen LogP contribution in [0.25, 0.3) is 11.5 Å². The van der Waals surface area contributed by atoms with Crippen LogP contribution in [0.3, 0.4) is 0 Å². The van der Waals surface area contributed by atoms with E-state index in [1.54, 1.807) is 7.11 Å².